The first-order valence-corrected chi connectivity index (χ1v) is 6.13. The Kier molecular flexibility index (Phi) is 4.89. The summed E-state index contributed by atoms with van der Waals surface area (Å²) < 4.78 is 18.4. The van der Waals surface area contributed by atoms with E-state index in [4.69, 9.17) is 4.74 Å². The summed E-state index contributed by atoms with van der Waals surface area (Å²) >= 11 is 0. The molecule has 5 heteroatoms. The third-order valence-corrected chi connectivity index (χ3v) is 3.29. The number of carboxylic acids is 1. The van der Waals surface area contributed by atoms with Crippen molar-refractivity contribution in [2.75, 3.05) is 7.11 Å². The maximum absolute atomic E-state index is 13.6. The van der Waals surface area contributed by atoms with Gasteiger partial charge in [0.1, 0.15) is 5.60 Å². The van der Waals surface area contributed by atoms with Gasteiger partial charge in [0.05, 0.1) is 13.0 Å². The van der Waals surface area contributed by atoms with E-state index in [0.29, 0.717) is 12.8 Å². The molecule has 0 radical (unpaired) electrons. The molecule has 0 aliphatic rings. The number of aliphatic hydroxyl groups is 1. The van der Waals surface area contributed by atoms with Gasteiger partial charge < -0.3 is 14.9 Å². The third-order valence-electron chi connectivity index (χ3n) is 3.29. The van der Waals surface area contributed by atoms with E-state index in [-0.39, 0.29) is 11.3 Å². The molecule has 0 bridgehead atoms. The van der Waals surface area contributed by atoms with E-state index >= 15 is 0 Å². The maximum atomic E-state index is 13.6. The van der Waals surface area contributed by atoms with Gasteiger partial charge in [0.25, 0.3) is 0 Å². The Bertz CT molecular complexity index is 457. The van der Waals surface area contributed by atoms with Gasteiger partial charge in [0.15, 0.2) is 11.6 Å². The Morgan fingerprint density at radius 2 is 2.16 bits per heavy atom. The highest BCUT2D eigenvalue weighted by atomic mass is 19.1. The van der Waals surface area contributed by atoms with Crippen LogP contribution in [0.1, 0.15) is 32.3 Å². The summed E-state index contributed by atoms with van der Waals surface area (Å²) in [5.41, 5.74) is -1.40. The van der Waals surface area contributed by atoms with E-state index in [2.05, 4.69) is 0 Å². The first-order chi connectivity index (χ1) is 8.84. The molecule has 106 valence electrons. The molecule has 1 aromatic rings. The minimum absolute atomic E-state index is 0.0573. The van der Waals surface area contributed by atoms with Gasteiger partial charge in [-0.1, -0.05) is 19.4 Å². The Hall–Kier alpha value is -1.62. The third kappa shape index (κ3) is 3.23. The molecule has 1 rings (SSSR count). The smallest absolute Gasteiger partial charge is 0.309 e. The lowest BCUT2D eigenvalue weighted by Crippen LogP contribution is -2.37. The van der Waals surface area contributed by atoms with Crippen molar-refractivity contribution in [1.29, 1.82) is 0 Å². The summed E-state index contributed by atoms with van der Waals surface area (Å²) in [5.74, 6) is -2.64. The van der Waals surface area contributed by atoms with E-state index in [1.807, 2.05) is 6.92 Å². The molecule has 19 heavy (non-hydrogen) atoms. The minimum atomic E-state index is -1.63. The number of hydrogen-bond donors (Lipinski definition) is 2. The van der Waals surface area contributed by atoms with Crippen LogP contribution in [0.5, 0.6) is 5.75 Å². The summed E-state index contributed by atoms with van der Waals surface area (Å²) in [4.78, 5) is 11.2. The van der Waals surface area contributed by atoms with Crippen molar-refractivity contribution in [2.45, 2.75) is 32.3 Å². The number of ether oxygens (including phenoxy) is 1. The van der Waals surface area contributed by atoms with Crippen LogP contribution in [-0.4, -0.2) is 23.3 Å². The van der Waals surface area contributed by atoms with Crippen molar-refractivity contribution < 1.29 is 24.1 Å². The fraction of sp³-hybridized carbons (Fsp3) is 0.500. The molecule has 2 unspecified atom stereocenters. The lowest BCUT2D eigenvalue weighted by Gasteiger charge is -2.30. The standard InChI is InChI=1S/C14H19FO4/c1-4-5-10(13(16)17)14(2,18)9-6-7-12(19-3)11(15)8-9/h6-8,10,18H,4-5H2,1-3H3,(H,16,17). The zero-order valence-electron chi connectivity index (χ0n) is 11.3. The van der Waals surface area contributed by atoms with Gasteiger partial charge in [-0.2, -0.15) is 0 Å². The largest absolute Gasteiger partial charge is 0.494 e. The second-order valence-corrected chi connectivity index (χ2v) is 4.68. The van der Waals surface area contributed by atoms with Crippen molar-refractivity contribution in [1.82, 2.24) is 0 Å². The summed E-state index contributed by atoms with van der Waals surface area (Å²) in [6.45, 7) is 3.23. The van der Waals surface area contributed by atoms with Gasteiger partial charge in [-0.05, 0) is 31.0 Å². The second kappa shape index (κ2) is 6.02. The molecule has 0 aliphatic carbocycles. The van der Waals surface area contributed by atoms with Crippen molar-refractivity contribution in [3.63, 3.8) is 0 Å². The highest BCUT2D eigenvalue weighted by Crippen LogP contribution is 2.34. The Balaban J connectivity index is 3.17. The fourth-order valence-corrected chi connectivity index (χ4v) is 2.12. The SMILES string of the molecule is CCCC(C(=O)O)C(C)(O)c1ccc(OC)c(F)c1. The quantitative estimate of drug-likeness (QED) is 0.833. The number of halogens is 1. The molecule has 0 fully saturated rings. The van der Waals surface area contributed by atoms with Crippen molar-refractivity contribution in [3.8, 4) is 5.75 Å². The minimum Gasteiger partial charge on any atom is -0.494 e. The predicted octanol–water partition coefficient (Wildman–Crippen LogP) is 2.54. The zero-order chi connectivity index (χ0) is 14.6. The molecule has 4 nitrogen and oxygen atoms in total. The average molecular weight is 270 g/mol. The lowest BCUT2D eigenvalue weighted by molar-refractivity contribution is -0.152. The highest BCUT2D eigenvalue weighted by molar-refractivity contribution is 5.72. The van der Waals surface area contributed by atoms with Gasteiger partial charge in [0.2, 0.25) is 0 Å². The van der Waals surface area contributed by atoms with Crippen molar-refractivity contribution in [3.05, 3.63) is 29.6 Å². The van der Waals surface area contributed by atoms with Crippen LogP contribution < -0.4 is 4.74 Å². The van der Waals surface area contributed by atoms with Gasteiger partial charge in [-0.15, -0.1) is 0 Å². The number of rotatable bonds is 6. The monoisotopic (exact) mass is 270 g/mol. The molecule has 2 atom stereocenters. The van der Waals surface area contributed by atoms with Gasteiger partial charge in [-0.25, -0.2) is 4.39 Å². The molecular formula is C14H19FO4. The molecule has 0 amide bonds. The molecule has 2 N–H and O–H groups in total. The molecule has 0 heterocycles. The fourth-order valence-electron chi connectivity index (χ4n) is 2.12. The molecule has 0 saturated carbocycles. The zero-order valence-corrected chi connectivity index (χ0v) is 11.3. The average Bonchev–Trinajstić information content (AvgIpc) is 2.35. The maximum Gasteiger partial charge on any atom is 0.309 e. The van der Waals surface area contributed by atoms with E-state index in [1.54, 1.807) is 0 Å². The predicted molar refractivity (Wildman–Crippen MR) is 68.6 cm³/mol. The van der Waals surface area contributed by atoms with Crippen molar-refractivity contribution >= 4 is 5.97 Å². The number of hydrogen-bond acceptors (Lipinski definition) is 3. The molecular weight excluding hydrogens is 251 g/mol. The molecule has 0 aliphatic heterocycles. The molecule has 0 spiro atoms. The Morgan fingerprint density at radius 1 is 1.53 bits per heavy atom. The normalized spacial score (nSPS) is 15.6. The number of aliphatic carboxylic acids is 1. The van der Waals surface area contributed by atoms with E-state index in [9.17, 15) is 19.4 Å². The summed E-state index contributed by atoms with van der Waals surface area (Å²) in [6, 6.07) is 3.97. The van der Waals surface area contributed by atoms with Gasteiger partial charge in [0, 0.05) is 0 Å². The molecule has 1 aromatic carbocycles. The van der Waals surface area contributed by atoms with E-state index in [0.717, 1.165) is 6.07 Å². The van der Waals surface area contributed by atoms with Crippen LogP contribution in [0.15, 0.2) is 18.2 Å². The summed E-state index contributed by atoms with van der Waals surface area (Å²) in [7, 11) is 1.34. The van der Waals surface area contributed by atoms with E-state index < -0.39 is 23.3 Å². The van der Waals surface area contributed by atoms with Gasteiger partial charge >= 0.3 is 5.97 Å². The number of methoxy groups -OCH3 is 1. The van der Waals surface area contributed by atoms with Crippen molar-refractivity contribution in [2.24, 2.45) is 5.92 Å². The van der Waals surface area contributed by atoms with Crippen LogP contribution in [0.3, 0.4) is 0 Å². The van der Waals surface area contributed by atoms with Crippen LogP contribution in [0.2, 0.25) is 0 Å². The topological polar surface area (TPSA) is 66.8 Å². The van der Waals surface area contributed by atoms with Crippen LogP contribution in [0.4, 0.5) is 4.39 Å². The van der Waals surface area contributed by atoms with Crippen LogP contribution in [-0.2, 0) is 10.4 Å². The summed E-state index contributed by atoms with van der Waals surface area (Å²) in [5, 5.41) is 19.6. The number of carbonyl (C=O) groups is 1. The van der Waals surface area contributed by atoms with Gasteiger partial charge in [-0.3, -0.25) is 4.79 Å². The lowest BCUT2D eigenvalue weighted by atomic mass is 9.80. The number of benzene rings is 1. The highest BCUT2D eigenvalue weighted by Gasteiger charge is 2.38. The first kappa shape index (κ1) is 15.4. The number of carboxylic acid groups (broad SMARTS) is 1. The molecule has 0 saturated heterocycles. The first-order valence-electron chi connectivity index (χ1n) is 6.13. The molecule has 0 aromatic heterocycles. The van der Waals surface area contributed by atoms with E-state index in [1.165, 1.54) is 26.2 Å². The van der Waals surface area contributed by atoms with Crippen LogP contribution in [0.25, 0.3) is 0 Å². The Labute approximate surface area is 111 Å². The summed E-state index contributed by atoms with van der Waals surface area (Å²) in [6.07, 6.45) is 0.932. The van der Waals surface area contributed by atoms with Crippen LogP contribution in [0, 0.1) is 11.7 Å². The Morgan fingerprint density at radius 3 is 2.58 bits per heavy atom. The second-order valence-electron chi connectivity index (χ2n) is 4.68. The van der Waals surface area contributed by atoms with Crippen LogP contribution >= 0.6 is 0 Å².